The molecular weight excluding hydrogens is 262 g/mol. The van der Waals surface area contributed by atoms with Gasteiger partial charge in [-0.1, -0.05) is 0 Å². The molecule has 0 aliphatic heterocycles. The van der Waals surface area contributed by atoms with Gasteiger partial charge in [-0.15, -0.1) is 0 Å². The minimum atomic E-state index is -1.04. The molecule has 78 valence electrons. The van der Waals surface area contributed by atoms with Crippen LogP contribution in [0.25, 0.3) is 0 Å². The van der Waals surface area contributed by atoms with E-state index in [2.05, 4.69) is 20.9 Å². The molecule has 1 saturated carbocycles. The zero-order chi connectivity index (χ0) is 11.1. The van der Waals surface area contributed by atoms with Crippen molar-refractivity contribution in [1.82, 2.24) is 4.98 Å². The molecule has 1 heterocycles. The molecule has 1 aromatic rings. The Labute approximate surface area is 94.5 Å². The van der Waals surface area contributed by atoms with Crippen molar-refractivity contribution in [1.29, 1.82) is 0 Å². The van der Waals surface area contributed by atoms with Crippen LogP contribution in [0.3, 0.4) is 0 Å². The number of ketones is 1. The summed E-state index contributed by atoms with van der Waals surface area (Å²) in [6.07, 6.45) is 3.23. The van der Waals surface area contributed by atoms with Gasteiger partial charge >= 0.3 is 5.97 Å². The third-order valence-electron chi connectivity index (χ3n) is 2.70. The van der Waals surface area contributed by atoms with Crippen LogP contribution >= 0.6 is 15.9 Å². The van der Waals surface area contributed by atoms with Crippen LogP contribution in [-0.2, 0) is 15.0 Å². The van der Waals surface area contributed by atoms with E-state index in [1.54, 1.807) is 12.3 Å². The number of aliphatic carboxylic acids is 1. The number of carboxylic acids is 1. The molecule has 1 fully saturated rings. The van der Waals surface area contributed by atoms with Crippen LogP contribution in [0, 0.1) is 0 Å². The number of carbonyl (C=O) groups is 2. The molecule has 1 aliphatic carbocycles. The van der Waals surface area contributed by atoms with Crippen molar-refractivity contribution < 1.29 is 14.7 Å². The Kier molecular flexibility index (Phi) is 2.34. The van der Waals surface area contributed by atoms with Crippen molar-refractivity contribution in [2.45, 2.75) is 18.3 Å². The Hall–Kier alpha value is -1.23. The van der Waals surface area contributed by atoms with E-state index < -0.39 is 11.4 Å². The molecule has 1 aliphatic rings. The van der Waals surface area contributed by atoms with Crippen molar-refractivity contribution in [3.63, 3.8) is 0 Å². The summed E-state index contributed by atoms with van der Waals surface area (Å²) in [6, 6.07) is 1.64. The number of pyridine rings is 1. The second kappa shape index (κ2) is 3.41. The second-order valence-electron chi connectivity index (χ2n) is 3.64. The highest BCUT2D eigenvalue weighted by Gasteiger charge is 2.52. The highest BCUT2D eigenvalue weighted by molar-refractivity contribution is 9.10. The second-order valence-corrected chi connectivity index (χ2v) is 4.49. The molecule has 0 amide bonds. The molecular formula is C10H8BrNO3. The fraction of sp³-hybridized carbons (Fsp3) is 0.300. The molecule has 4 nitrogen and oxygen atoms in total. The lowest BCUT2D eigenvalue weighted by molar-refractivity contribution is -0.153. The molecule has 0 spiro atoms. The smallest absolute Gasteiger partial charge is 0.315 e. The number of rotatable bonds is 2. The Morgan fingerprint density at radius 1 is 1.53 bits per heavy atom. The first-order chi connectivity index (χ1) is 7.06. The Morgan fingerprint density at radius 2 is 2.20 bits per heavy atom. The maximum absolute atomic E-state index is 11.2. The van der Waals surface area contributed by atoms with Crippen LogP contribution in [0.1, 0.15) is 18.4 Å². The van der Waals surface area contributed by atoms with Gasteiger partial charge < -0.3 is 5.11 Å². The molecule has 0 atom stereocenters. The van der Waals surface area contributed by atoms with E-state index in [1.165, 1.54) is 6.20 Å². The van der Waals surface area contributed by atoms with Gasteiger partial charge in [0.05, 0.1) is 0 Å². The SMILES string of the molecule is O=C1CC(C(=O)O)(c2ccncc2Br)C1. The Balaban J connectivity index is 2.48. The first kappa shape index (κ1) is 10.3. The third-order valence-corrected chi connectivity index (χ3v) is 3.33. The Morgan fingerprint density at radius 3 is 2.67 bits per heavy atom. The number of carbonyl (C=O) groups excluding carboxylic acids is 1. The summed E-state index contributed by atoms with van der Waals surface area (Å²) < 4.78 is 0.639. The van der Waals surface area contributed by atoms with Gasteiger partial charge in [0.15, 0.2) is 0 Å². The average molecular weight is 270 g/mol. The summed E-state index contributed by atoms with van der Waals surface area (Å²) in [5, 5.41) is 9.19. The van der Waals surface area contributed by atoms with Gasteiger partial charge in [0, 0.05) is 29.7 Å². The highest BCUT2D eigenvalue weighted by atomic mass is 79.9. The number of nitrogens with zero attached hydrogens (tertiary/aromatic N) is 1. The molecule has 0 bridgehead atoms. The molecule has 1 N–H and O–H groups in total. The van der Waals surface area contributed by atoms with Gasteiger partial charge in [-0.3, -0.25) is 14.6 Å². The first-order valence-corrected chi connectivity index (χ1v) is 5.21. The topological polar surface area (TPSA) is 67.3 Å². The largest absolute Gasteiger partial charge is 0.481 e. The van der Waals surface area contributed by atoms with Crippen LogP contribution in [-0.4, -0.2) is 21.8 Å². The van der Waals surface area contributed by atoms with Crippen LogP contribution < -0.4 is 0 Å². The van der Waals surface area contributed by atoms with Gasteiger partial charge in [-0.2, -0.15) is 0 Å². The number of hydrogen-bond donors (Lipinski definition) is 1. The van der Waals surface area contributed by atoms with E-state index in [0.29, 0.717) is 10.0 Å². The van der Waals surface area contributed by atoms with Gasteiger partial charge in [-0.25, -0.2) is 0 Å². The standard InChI is InChI=1S/C10H8BrNO3/c11-8-5-12-2-1-7(8)10(9(14)15)3-6(13)4-10/h1-2,5H,3-4H2,(H,14,15). The van der Waals surface area contributed by atoms with Crippen molar-refractivity contribution in [2.75, 3.05) is 0 Å². The number of Topliss-reactive ketones (excluding diaryl/α,β-unsaturated/α-hetero) is 1. The molecule has 0 saturated heterocycles. The van der Waals surface area contributed by atoms with E-state index in [0.717, 1.165) is 0 Å². The van der Waals surface area contributed by atoms with Crippen molar-refractivity contribution in [3.8, 4) is 0 Å². The maximum Gasteiger partial charge on any atom is 0.315 e. The lowest BCUT2D eigenvalue weighted by Gasteiger charge is -2.37. The highest BCUT2D eigenvalue weighted by Crippen LogP contribution is 2.44. The molecule has 0 unspecified atom stereocenters. The maximum atomic E-state index is 11.2. The molecule has 0 radical (unpaired) electrons. The number of hydrogen-bond acceptors (Lipinski definition) is 3. The minimum Gasteiger partial charge on any atom is -0.481 e. The first-order valence-electron chi connectivity index (χ1n) is 4.41. The predicted octanol–water partition coefficient (Wildman–Crippen LogP) is 1.53. The van der Waals surface area contributed by atoms with Crippen molar-refractivity contribution >= 4 is 27.7 Å². The zero-order valence-corrected chi connectivity index (χ0v) is 9.32. The number of carboxylic acid groups (broad SMARTS) is 1. The number of aromatic nitrogens is 1. The van der Waals surface area contributed by atoms with Gasteiger partial charge in [0.1, 0.15) is 11.2 Å². The summed E-state index contributed by atoms with van der Waals surface area (Å²) in [5.74, 6) is -0.963. The molecule has 5 heteroatoms. The van der Waals surface area contributed by atoms with E-state index >= 15 is 0 Å². The molecule has 0 aromatic carbocycles. The molecule has 15 heavy (non-hydrogen) atoms. The summed E-state index contributed by atoms with van der Waals surface area (Å²) in [4.78, 5) is 26.1. The molecule has 2 rings (SSSR count). The van der Waals surface area contributed by atoms with Gasteiger partial charge in [0.2, 0.25) is 0 Å². The summed E-state index contributed by atoms with van der Waals surface area (Å²) in [6.45, 7) is 0. The lowest BCUT2D eigenvalue weighted by Crippen LogP contribution is -2.48. The van der Waals surface area contributed by atoms with Crippen molar-refractivity contribution in [3.05, 3.63) is 28.5 Å². The third kappa shape index (κ3) is 1.47. The van der Waals surface area contributed by atoms with E-state index in [-0.39, 0.29) is 18.6 Å². The quantitative estimate of drug-likeness (QED) is 0.884. The van der Waals surface area contributed by atoms with Crippen LogP contribution in [0.5, 0.6) is 0 Å². The fourth-order valence-electron chi connectivity index (χ4n) is 1.84. The van der Waals surface area contributed by atoms with Crippen LogP contribution in [0.4, 0.5) is 0 Å². The minimum absolute atomic E-state index is 0.0129. The Bertz CT molecular complexity index is 436. The van der Waals surface area contributed by atoms with Gasteiger partial charge in [0.25, 0.3) is 0 Å². The fourth-order valence-corrected chi connectivity index (χ4v) is 2.47. The van der Waals surface area contributed by atoms with Crippen LogP contribution in [0.2, 0.25) is 0 Å². The lowest BCUT2D eigenvalue weighted by atomic mass is 9.64. The van der Waals surface area contributed by atoms with E-state index in [1.807, 2.05) is 0 Å². The van der Waals surface area contributed by atoms with E-state index in [4.69, 9.17) is 0 Å². The predicted molar refractivity (Wildman–Crippen MR) is 55.5 cm³/mol. The van der Waals surface area contributed by atoms with Gasteiger partial charge in [-0.05, 0) is 27.6 Å². The summed E-state index contributed by atoms with van der Waals surface area (Å²) in [7, 11) is 0. The van der Waals surface area contributed by atoms with Crippen molar-refractivity contribution in [2.24, 2.45) is 0 Å². The zero-order valence-electron chi connectivity index (χ0n) is 7.74. The normalized spacial score (nSPS) is 18.3. The van der Waals surface area contributed by atoms with Crippen LogP contribution in [0.15, 0.2) is 22.9 Å². The van der Waals surface area contributed by atoms with E-state index in [9.17, 15) is 14.7 Å². The monoisotopic (exact) mass is 269 g/mol. The summed E-state index contributed by atoms with van der Waals surface area (Å²) >= 11 is 3.26. The number of halogens is 1. The molecule has 1 aromatic heterocycles. The summed E-state index contributed by atoms with van der Waals surface area (Å²) in [5.41, 5.74) is -0.414. The average Bonchev–Trinajstić information content (AvgIpc) is 2.13.